The van der Waals surface area contributed by atoms with Gasteiger partial charge in [-0.05, 0) is 49.4 Å². The second kappa shape index (κ2) is 9.49. The second-order valence-electron chi connectivity index (χ2n) is 6.85. The van der Waals surface area contributed by atoms with Crippen LogP contribution in [0.3, 0.4) is 0 Å². The van der Waals surface area contributed by atoms with Gasteiger partial charge in [-0.25, -0.2) is 14.8 Å². The van der Waals surface area contributed by atoms with Crippen LogP contribution in [0.15, 0.2) is 67.1 Å². The Morgan fingerprint density at radius 1 is 1.09 bits per heavy atom. The van der Waals surface area contributed by atoms with Crippen molar-refractivity contribution in [2.24, 2.45) is 0 Å². The number of aromatic nitrogens is 3. The highest BCUT2D eigenvalue weighted by Crippen LogP contribution is 2.34. The normalized spacial score (nSPS) is 11.7. The topological polar surface area (TPSA) is 106 Å². The van der Waals surface area contributed by atoms with Crippen LogP contribution in [0.5, 0.6) is 11.5 Å². The van der Waals surface area contributed by atoms with Gasteiger partial charge in [0.25, 0.3) is 0 Å². The number of pyridine rings is 1. The van der Waals surface area contributed by atoms with Gasteiger partial charge in [-0.15, -0.1) is 0 Å². The summed E-state index contributed by atoms with van der Waals surface area (Å²) in [5.74, 6) is 0.277. The lowest BCUT2D eigenvalue weighted by molar-refractivity contribution is -0.144. The molecule has 2 heterocycles. The molecule has 162 valence electrons. The zero-order valence-corrected chi connectivity index (χ0v) is 17.8. The van der Waals surface area contributed by atoms with Crippen LogP contribution in [-0.4, -0.2) is 32.1 Å². The Morgan fingerprint density at radius 2 is 1.97 bits per heavy atom. The van der Waals surface area contributed by atoms with Crippen LogP contribution in [-0.2, 0) is 11.4 Å². The summed E-state index contributed by atoms with van der Waals surface area (Å²) in [6.45, 7) is 1.76. The number of hydrogen-bond acceptors (Lipinski definition) is 7. The van der Waals surface area contributed by atoms with Crippen molar-refractivity contribution in [1.82, 2.24) is 15.0 Å². The Labute approximate surface area is 188 Å². The van der Waals surface area contributed by atoms with E-state index in [1.807, 2.05) is 18.2 Å². The van der Waals surface area contributed by atoms with Crippen LogP contribution >= 0.6 is 11.6 Å². The molecule has 0 bridgehead atoms. The average molecular weight is 451 g/mol. The van der Waals surface area contributed by atoms with E-state index in [0.29, 0.717) is 45.5 Å². The van der Waals surface area contributed by atoms with Crippen molar-refractivity contribution in [2.75, 3.05) is 5.32 Å². The van der Waals surface area contributed by atoms with E-state index in [1.54, 1.807) is 42.6 Å². The molecule has 8 nitrogen and oxygen atoms in total. The Balaban J connectivity index is 1.58. The third-order valence-electron chi connectivity index (χ3n) is 4.57. The third-order valence-corrected chi connectivity index (χ3v) is 4.87. The molecule has 0 aliphatic carbocycles. The monoisotopic (exact) mass is 450 g/mol. The van der Waals surface area contributed by atoms with Crippen LogP contribution in [0.2, 0.25) is 5.02 Å². The number of ether oxygens (including phenoxy) is 2. The summed E-state index contributed by atoms with van der Waals surface area (Å²) < 4.78 is 11.4. The van der Waals surface area contributed by atoms with Crippen molar-refractivity contribution in [1.29, 1.82) is 0 Å². The van der Waals surface area contributed by atoms with Crippen molar-refractivity contribution >= 4 is 40.0 Å². The SMILES string of the molecule is C[C@H](Oc1cccc2ncnc(Nc3ccc(OCc4ccccn4)c(Cl)c3)c12)C(=O)O. The first-order chi connectivity index (χ1) is 15.5. The molecule has 1 atom stereocenters. The highest BCUT2D eigenvalue weighted by Gasteiger charge is 2.17. The summed E-state index contributed by atoms with van der Waals surface area (Å²) in [6.07, 6.45) is 2.09. The number of aliphatic carboxylic acids is 1. The molecule has 2 aromatic heterocycles. The number of halogens is 1. The van der Waals surface area contributed by atoms with E-state index in [0.717, 1.165) is 5.69 Å². The van der Waals surface area contributed by atoms with Gasteiger partial charge >= 0.3 is 5.97 Å². The summed E-state index contributed by atoms with van der Waals surface area (Å²) in [6, 6.07) is 16.1. The second-order valence-corrected chi connectivity index (χ2v) is 7.26. The number of benzene rings is 2. The number of carboxylic acid groups (broad SMARTS) is 1. The van der Waals surface area contributed by atoms with Gasteiger partial charge in [-0.3, -0.25) is 4.98 Å². The number of nitrogens with one attached hydrogen (secondary N) is 1. The van der Waals surface area contributed by atoms with E-state index in [1.165, 1.54) is 13.3 Å². The lowest BCUT2D eigenvalue weighted by Gasteiger charge is -2.15. The third kappa shape index (κ3) is 4.87. The van der Waals surface area contributed by atoms with Crippen molar-refractivity contribution in [2.45, 2.75) is 19.6 Å². The molecular formula is C23H19ClN4O4. The highest BCUT2D eigenvalue weighted by atomic mass is 35.5. The minimum absolute atomic E-state index is 0.298. The maximum Gasteiger partial charge on any atom is 0.344 e. The number of carbonyl (C=O) groups is 1. The van der Waals surface area contributed by atoms with Crippen LogP contribution < -0.4 is 14.8 Å². The van der Waals surface area contributed by atoms with Crippen molar-refractivity contribution in [3.8, 4) is 11.5 Å². The predicted octanol–water partition coefficient (Wildman–Crippen LogP) is 4.85. The maximum atomic E-state index is 11.2. The molecule has 0 radical (unpaired) electrons. The molecule has 32 heavy (non-hydrogen) atoms. The van der Waals surface area contributed by atoms with E-state index in [9.17, 15) is 9.90 Å². The van der Waals surface area contributed by atoms with Gasteiger partial charge in [0.2, 0.25) is 0 Å². The van der Waals surface area contributed by atoms with Crippen LogP contribution in [0.4, 0.5) is 11.5 Å². The van der Waals surface area contributed by atoms with Crippen LogP contribution in [0.1, 0.15) is 12.6 Å². The lowest BCUT2D eigenvalue weighted by atomic mass is 10.2. The minimum Gasteiger partial charge on any atom is -0.486 e. The molecule has 4 rings (SSSR count). The molecule has 0 saturated heterocycles. The average Bonchev–Trinajstić information content (AvgIpc) is 2.79. The smallest absolute Gasteiger partial charge is 0.344 e. The lowest BCUT2D eigenvalue weighted by Crippen LogP contribution is -2.23. The number of anilines is 2. The quantitative estimate of drug-likeness (QED) is 0.392. The molecule has 4 aromatic rings. The standard InChI is InChI=1S/C23H19ClN4O4/c1-14(23(29)30)32-20-7-4-6-18-21(20)22(27-13-26-18)28-15-8-9-19(17(24)11-15)31-12-16-5-2-3-10-25-16/h2-11,13-14H,12H2,1H3,(H,29,30)(H,26,27,28)/t14-/m0/s1. The predicted molar refractivity (Wildman–Crippen MR) is 121 cm³/mol. The van der Waals surface area contributed by atoms with E-state index >= 15 is 0 Å². The summed E-state index contributed by atoms with van der Waals surface area (Å²) in [4.78, 5) is 24.0. The maximum absolute atomic E-state index is 11.2. The summed E-state index contributed by atoms with van der Waals surface area (Å²) in [5, 5.41) is 13.4. The van der Waals surface area contributed by atoms with E-state index in [-0.39, 0.29) is 0 Å². The molecule has 0 fully saturated rings. The number of nitrogens with zero attached hydrogens (tertiary/aromatic N) is 3. The van der Waals surface area contributed by atoms with Gasteiger partial charge in [0.1, 0.15) is 30.3 Å². The van der Waals surface area contributed by atoms with E-state index in [4.69, 9.17) is 21.1 Å². The molecule has 2 aromatic carbocycles. The zero-order chi connectivity index (χ0) is 22.5. The number of fused-ring (bicyclic) bond motifs is 1. The zero-order valence-electron chi connectivity index (χ0n) is 17.0. The minimum atomic E-state index is -1.07. The van der Waals surface area contributed by atoms with Gasteiger partial charge in [0.15, 0.2) is 6.10 Å². The molecule has 0 aliphatic rings. The van der Waals surface area contributed by atoms with Crippen molar-refractivity contribution in [3.05, 3.63) is 77.8 Å². The van der Waals surface area contributed by atoms with Gasteiger partial charge in [-0.1, -0.05) is 23.7 Å². The summed E-state index contributed by atoms with van der Waals surface area (Å²) in [5.41, 5.74) is 2.07. The number of hydrogen-bond donors (Lipinski definition) is 2. The van der Waals surface area contributed by atoms with Gasteiger partial charge < -0.3 is 19.9 Å². The number of carboxylic acids is 1. The van der Waals surface area contributed by atoms with Crippen LogP contribution in [0.25, 0.3) is 10.9 Å². The van der Waals surface area contributed by atoms with Gasteiger partial charge in [0, 0.05) is 11.9 Å². The van der Waals surface area contributed by atoms with Crippen molar-refractivity contribution in [3.63, 3.8) is 0 Å². The largest absolute Gasteiger partial charge is 0.486 e. The van der Waals surface area contributed by atoms with Crippen molar-refractivity contribution < 1.29 is 19.4 Å². The summed E-state index contributed by atoms with van der Waals surface area (Å²) >= 11 is 6.41. The Hall–Kier alpha value is -3.91. The van der Waals surface area contributed by atoms with Gasteiger partial charge in [0.05, 0.1) is 21.6 Å². The van der Waals surface area contributed by atoms with Crippen LogP contribution in [0, 0.1) is 0 Å². The van der Waals surface area contributed by atoms with E-state index in [2.05, 4.69) is 20.3 Å². The molecule has 0 saturated carbocycles. The molecule has 0 aliphatic heterocycles. The fourth-order valence-electron chi connectivity index (χ4n) is 2.98. The molecule has 2 N–H and O–H groups in total. The molecule has 0 spiro atoms. The Kier molecular flexibility index (Phi) is 6.32. The van der Waals surface area contributed by atoms with E-state index < -0.39 is 12.1 Å². The first-order valence-electron chi connectivity index (χ1n) is 9.74. The highest BCUT2D eigenvalue weighted by molar-refractivity contribution is 6.32. The molecule has 0 amide bonds. The molecular weight excluding hydrogens is 432 g/mol. The van der Waals surface area contributed by atoms with Gasteiger partial charge in [-0.2, -0.15) is 0 Å². The number of rotatable bonds is 8. The first-order valence-corrected chi connectivity index (χ1v) is 10.1. The Morgan fingerprint density at radius 3 is 2.72 bits per heavy atom. The first kappa shape index (κ1) is 21.3. The Bertz CT molecular complexity index is 1250. The molecule has 9 heteroatoms. The fraction of sp³-hybridized carbons (Fsp3) is 0.130. The molecule has 0 unspecified atom stereocenters. The summed E-state index contributed by atoms with van der Waals surface area (Å²) in [7, 11) is 0. The fourth-order valence-corrected chi connectivity index (χ4v) is 3.21.